The number of rotatable bonds is 5. The minimum absolute atomic E-state index is 0.597. The largest absolute Gasteiger partial charge is 0.454 e. The Morgan fingerprint density at radius 2 is 1.20 bits per heavy atom. The highest BCUT2D eigenvalue weighted by Crippen LogP contribution is 2.49. The lowest BCUT2D eigenvalue weighted by molar-refractivity contribution is 0.620. The maximum atomic E-state index is 6.91. The molecule has 0 saturated heterocycles. The van der Waals surface area contributed by atoms with Gasteiger partial charge in [0.15, 0.2) is 11.2 Å². The predicted octanol–water partition coefficient (Wildman–Crippen LogP) is 14.3. The van der Waals surface area contributed by atoms with E-state index in [0.29, 0.717) is 5.89 Å². The van der Waals surface area contributed by atoms with Crippen molar-refractivity contribution in [1.29, 1.82) is 0 Å². The second-order valence-corrected chi connectivity index (χ2v) is 15.0. The molecule has 12 aromatic rings. The average Bonchev–Trinajstić information content (AvgIpc) is 4.01. The van der Waals surface area contributed by atoms with Crippen LogP contribution in [0.5, 0.6) is 0 Å². The molecule has 5 nitrogen and oxygen atoms in total. The van der Waals surface area contributed by atoms with Crippen molar-refractivity contribution < 1.29 is 8.83 Å². The zero-order chi connectivity index (χ0) is 36.0. The fourth-order valence-electron chi connectivity index (χ4n) is 8.39. The summed E-state index contributed by atoms with van der Waals surface area (Å²) in [5.74, 6) is 0.597. The van der Waals surface area contributed by atoms with Gasteiger partial charge in [0.1, 0.15) is 11.1 Å². The molecule has 0 spiro atoms. The van der Waals surface area contributed by atoms with Crippen molar-refractivity contribution in [1.82, 2.24) is 9.55 Å². The van der Waals surface area contributed by atoms with E-state index in [1.165, 1.54) is 36.5 Å². The Morgan fingerprint density at radius 1 is 0.491 bits per heavy atom. The Kier molecular flexibility index (Phi) is 6.44. The highest BCUT2D eigenvalue weighted by Gasteiger charge is 2.24. The minimum Gasteiger partial charge on any atom is -0.454 e. The highest BCUT2D eigenvalue weighted by atomic mass is 32.1. The number of oxazole rings is 1. The molecule has 8 aromatic carbocycles. The SMILES string of the molecule is c1ccc(-c2nc3cc4oc5c(N(c6ccc7c(c6)c6ccccc6n7-c6ccccc6)c6cccc7sc8ccccc8c67)cccc5c4cc3o2)cc1. The molecular formula is C49H29N3O2S. The molecule has 0 atom stereocenters. The third-order valence-electron chi connectivity index (χ3n) is 10.8. The van der Waals surface area contributed by atoms with Crippen molar-refractivity contribution in [3.8, 4) is 17.1 Å². The van der Waals surface area contributed by atoms with Crippen molar-refractivity contribution in [3.05, 3.63) is 176 Å². The van der Waals surface area contributed by atoms with Crippen LogP contribution in [0, 0.1) is 0 Å². The molecule has 0 N–H and O–H groups in total. The van der Waals surface area contributed by atoms with Crippen LogP contribution in [0.3, 0.4) is 0 Å². The first-order valence-electron chi connectivity index (χ1n) is 18.4. The molecule has 0 saturated carbocycles. The van der Waals surface area contributed by atoms with Crippen molar-refractivity contribution in [2.24, 2.45) is 0 Å². The van der Waals surface area contributed by atoms with E-state index in [9.17, 15) is 0 Å². The number of fused-ring (bicyclic) bond motifs is 10. The maximum Gasteiger partial charge on any atom is 0.227 e. The van der Waals surface area contributed by atoms with E-state index in [1.54, 1.807) is 0 Å². The number of benzene rings is 8. The van der Waals surface area contributed by atoms with E-state index in [-0.39, 0.29) is 0 Å². The third kappa shape index (κ3) is 4.55. The van der Waals surface area contributed by atoms with E-state index in [4.69, 9.17) is 13.8 Å². The summed E-state index contributed by atoms with van der Waals surface area (Å²) < 4.78 is 18.1. The van der Waals surface area contributed by atoms with Crippen molar-refractivity contribution in [2.45, 2.75) is 0 Å². The van der Waals surface area contributed by atoms with Crippen LogP contribution in [0.25, 0.3) is 92.2 Å². The molecule has 4 heterocycles. The topological polar surface area (TPSA) is 47.3 Å². The van der Waals surface area contributed by atoms with Gasteiger partial charge in [-0.25, -0.2) is 4.98 Å². The van der Waals surface area contributed by atoms with Gasteiger partial charge in [0.2, 0.25) is 5.89 Å². The van der Waals surface area contributed by atoms with Gasteiger partial charge < -0.3 is 18.3 Å². The first kappa shape index (κ1) is 30.3. The second kappa shape index (κ2) is 11.7. The molecular weight excluding hydrogens is 695 g/mol. The van der Waals surface area contributed by atoms with Gasteiger partial charge >= 0.3 is 0 Å². The Hall–Kier alpha value is -7.15. The lowest BCUT2D eigenvalue weighted by Crippen LogP contribution is -2.10. The number of aromatic nitrogens is 2. The third-order valence-corrected chi connectivity index (χ3v) is 11.9. The van der Waals surface area contributed by atoms with Crippen LogP contribution in [0.2, 0.25) is 0 Å². The van der Waals surface area contributed by atoms with E-state index < -0.39 is 0 Å². The first-order valence-corrected chi connectivity index (χ1v) is 19.2. The van der Waals surface area contributed by atoms with Crippen molar-refractivity contribution in [3.63, 3.8) is 0 Å². The number of thiophene rings is 1. The van der Waals surface area contributed by atoms with Gasteiger partial charge in [0, 0.05) is 64.7 Å². The summed E-state index contributed by atoms with van der Waals surface area (Å²) in [5, 5.41) is 6.85. The zero-order valence-electron chi connectivity index (χ0n) is 29.3. The molecule has 0 aliphatic heterocycles. The molecule has 0 aliphatic carbocycles. The summed E-state index contributed by atoms with van der Waals surface area (Å²) in [5.41, 5.74) is 10.6. The molecule has 0 fully saturated rings. The fraction of sp³-hybridized carbons (Fsp3) is 0. The Bertz CT molecular complexity index is 3450. The lowest BCUT2D eigenvalue weighted by Gasteiger charge is -2.26. The first-order chi connectivity index (χ1) is 27.3. The summed E-state index contributed by atoms with van der Waals surface area (Å²) in [7, 11) is 0. The van der Waals surface area contributed by atoms with Gasteiger partial charge in [-0.2, -0.15) is 0 Å². The quantitative estimate of drug-likeness (QED) is 0.177. The Morgan fingerprint density at radius 3 is 2.09 bits per heavy atom. The van der Waals surface area contributed by atoms with E-state index >= 15 is 0 Å². The highest BCUT2D eigenvalue weighted by molar-refractivity contribution is 7.26. The van der Waals surface area contributed by atoms with Gasteiger partial charge in [0.25, 0.3) is 0 Å². The fourth-order valence-corrected chi connectivity index (χ4v) is 9.52. The van der Waals surface area contributed by atoms with Crippen LogP contribution in [0.15, 0.2) is 185 Å². The smallest absolute Gasteiger partial charge is 0.227 e. The van der Waals surface area contributed by atoms with Crippen LogP contribution >= 0.6 is 11.3 Å². The molecule has 0 radical (unpaired) electrons. The number of hydrogen-bond donors (Lipinski definition) is 0. The van der Waals surface area contributed by atoms with E-state index in [1.807, 2.05) is 47.7 Å². The van der Waals surface area contributed by atoms with Crippen LogP contribution in [0.4, 0.5) is 17.1 Å². The average molecular weight is 724 g/mol. The van der Waals surface area contributed by atoms with Crippen LogP contribution < -0.4 is 4.90 Å². The number of anilines is 3. The van der Waals surface area contributed by atoms with Gasteiger partial charge in [-0.05, 0) is 78.9 Å². The molecule has 0 amide bonds. The summed E-state index contributed by atoms with van der Waals surface area (Å²) in [6, 6.07) is 62.0. The molecule has 12 rings (SSSR count). The van der Waals surface area contributed by atoms with Crippen molar-refractivity contribution in [2.75, 3.05) is 4.90 Å². The molecule has 4 aromatic heterocycles. The Balaban J connectivity index is 1.13. The molecule has 0 aliphatic rings. The Labute approximate surface area is 318 Å². The number of nitrogens with zero attached hydrogens (tertiary/aromatic N) is 3. The second-order valence-electron chi connectivity index (χ2n) is 13.9. The molecule has 0 unspecified atom stereocenters. The minimum atomic E-state index is 0.597. The number of hydrogen-bond acceptors (Lipinski definition) is 5. The monoisotopic (exact) mass is 723 g/mol. The normalized spacial score (nSPS) is 12.0. The van der Waals surface area contributed by atoms with Crippen LogP contribution in [-0.4, -0.2) is 9.55 Å². The van der Waals surface area contributed by atoms with E-state index in [0.717, 1.165) is 66.9 Å². The number of para-hydroxylation sites is 3. The van der Waals surface area contributed by atoms with Crippen LogP contribution in [0.1, 0.15) is 0 Å². The van der Waals surface area contributed by atoms with Gasteiger partial charge in [-0.15, -0.1) is 11.3 Å². The van der Waals surface area contributed by atoms with Crippen LogP contribution in [-0.2, 0) is 0 Å². The van der Waals surface area contributed by atoms with Gasteiger partial charge in [-0.3, -0.25) is 0 Å². The predicted molar refractivity (Wildman–Crippen MR) is 229 cm³/mol. The number of furan rings is 1. The summed E-state index contributed by atoms with van der Waals surface area (Å²) in [4.78, 5) is 7.24. The molecule has 0 bridgehead atoms. The lowest BCUT2D eigenvalue weighted by atomic mass is 10.1. The molecule has 55 heavy (non-hydrogen) atoms. The van der Waals surface area contributed by atoms with Crippen molar-refractivity contribution >= 4 is 103 Å². The van der Waals surface area contributed by atoms with Gasteiger partial charge in [0.05, 0.1) is 22.4 Å². The summed E-state index contributed by atoms with van der Waals surface area (Å²) in [6.07, 6.45) is 0. The summed E-state index contributed by atoms with van der Waals surface area (Å²) >= 11 is 1.83. The standard InChI is InChI=1S/C49H29N3O2S/c1-3-13-30(14-4-1)49-50-38-29-43-37(28-44(38)54-49)34-19-11-22-42(48(34)53-43)52(41-21-12-24-46-47(41)35-18-8-10-23-45(35)55-46)32-25-26-40-36(27-32)33-17-7-9-20-39(33)51(40)31-15-5-2-6-16-31/h1-29H. The maximum absolute atomic E-state index is 6.91. The van der Waals surface area contributed by atoms with E-state index in [2.05, 4.69) is 149 Å². The molecule has 258 valence electrons. The summed E-state index contributed by atoms with van der Waals surface area (Å²) in [6.45, 7) is 0. The molecule has 6 heteroatoms. The van der Waals surface area contributed by atoms with Gasteiger partial charge in [-0.1, -0.05) is 91.0 Å². The zero-order valence-corrected chi connectivity index (χ0v) is 30.1.